The smallest absolute Gasteiger partial charge is 0.417 e. The Morgan fingerprint density at radius 1 is 1.26 bits per heavy atom. The number of alkyl halides is 3. The third-order valence-corrected chi connectivity index (χ3v) is 4.63. The number of benzene rings is 1. The molecule has 162 valence electrons. The van der Waals surface area contributed by atoms with Gasteiger partial charge >= 0.3 is 12.1 Å². The zero-order chi connectivity index (χ0) is 22.2. The van der Waals surface area contributed by atoms with Crippen LogP contribution in [0.4, 0.5) is 17.6 Å². The zero-order valence-electron chi connectivity index (χ0n) is 16.1. The number of hydrogen-bond acceptors (Lipinski definition) is 6. The summed E-state index contributed by atoms with van der Waals surface area (Å²) in [7, 11) is 0. The molecule has 0 atom stereocenters. The molecule has 0 saturated carbocycles. The Hall–Kier alpha value is -3.47. The number of rotatable bonds is 4. The summed E-state index contributed by atoms with van der Waals surface area (Å²) in [6, 6.07) is 4.51. The van der Waals surface area contributed by atoms with E-state index in [0.29, 0.717) is 28.8 Å². The maximum atomic E-state index is 13.8. The fourth-order valence-electron chi connectivity index (χ4n) is 3.10. The largest absolute Gasteiger partial charge is 0.467 e. The highest BCUT2D eigenvalue weighted by atomic mass is 19.4. The molecule has 1 aliphatic rings. The Balaban J connectivity index is 1.51. The van der Waals surface area contributed by atoms with Crippen LogP contribution in [0.25, 0.3) is 5.82 Å². The molecular weight excluding hydrogens is 422 g/mol. The van der Waals surface area contributed by atoms with Gasteiger partial charge in [-0.2, -0.15) is 18.3 Å². The van der Waals surface area contributed by atoms with Gasteiger partial charge in [-0.1, -0.05) is 0 Å². The van der Waals surface area contributed by atoms with Crippen LogP contribution < -0.4 is 4.74 Å². The normalized spacial score (nSPS) is 13.5. The standard InChI is InChI=1S/C20H15F4N3O4/c1-11-16(7-26-27(11)17-3-2-14(6-25-17)20(22,23)24)19(28)30-9-13-5-15(21)4-12-8-29-10-31-18(12)13/h2-7H,8-10H2,1H3. The molecule has 0 unspecified atom stereocenters. The molecule has 2 aromatic heterocycles. The van der Waals surface area contributed by atoms with Gasteiger partial charge in [0.2, 0.25) is 0 Å². The Morgan fingerprint density at radius 2 is 2.06 bits per heavy atom. The van der Waals surface area contributed by atoms with Gasteiger partial charge in [-0.25, -0.2) is 18.9 Å². The number of carbonyl (C=O) groups is 1. The van der Waals surface area contributed by atoms with Crippen molar-refractivity contribution in [3.8, 4) is 11.6 Å². The van der Waals surface area contributed by atoms with Crippen LogP contribution in [0.2, 0.25) is 0 Å². The molecule has 3 aromatic rings. The lowest BCUT2D eigenvalue weighted by Crippen LogP contribution is -2.15. The van der Waals surface area contributed by atoms with Crippen molar-refractivity contribution in [1.82, 2.24) is 14.8 Å². The zero-order valence-corrected chi connectivity index (χ0v) is 16.1. The number of hydrogen-bond donors (Lipinski definition) is 0. The van der Waals surface area contributed by atoms with Crippen LogP contribution in [0.15, 0.2) is 36.7 Å². The molecule has 3 heterocycles. The van der Waals surface area contributed by atoms with Crippen LogP contribution in [0, 0.1) is 12.7 Å². The SMILES string of the molecule is Cc1c(C(=O)OCc2cc(F)cc3c2OCOC3)cnn1-c1ccc(C(F)(F)F)cn1. The van der Waals surface area contributed by atoms with Crippen LogP contribution in [-0.2, 0) is 28.9 Å². The van der Waals surface area contributed by atoms with E-state index in [0.717, 1.165) is 12.1 Å². The first-order valence-electron chi connectivity index (χ1n) is 9.01. The van der Waals surface area contributed by atoms with E-state index in [1.807, 2.05) is 0 Å². The maximum absolute atomic E-state index is 13.8. The van der Waals surface area contributed by atoms with Gasteiger partial charge in [-0.15, -0.1) is 0 Å². The van der Waals surface area contributed by atoms with Crippen LogP contribution in [0.1, 0.15) is 32.7 Å². The summed E-state index contributed by atoms with van der Waals surface area (Å²) in [6.07, 6.45) is -2.60. The van der Waals surface area contributed by atoms with Crippen LogP contribution in [0.5, 0.6) is 5.75 Å². The number of carbonyl (C=O) groups excluding carboxylic acids is 1. The topological polar surface area (TPSA) is 75.5 Å². The lowest BCUT2D eigenvalue weighted by molar-refractivity contribution is -0.137. The van der Waals surface area contributed by atoms with E-state index >= 15 is 0 Å². The summed E-state index contributed by atoms with van der Waals surface area (Å²) in [5, 5.41) is 4.01. The summed E-state index contributed by atoms with van der Waals surface area (Å²) in [6.45, 7) is 1.49. The quantitative estimate of drug-likeness (QED) is 0.455. The summed E-state index contributed by atoms with van der Waals surface area (Å²) in [5.41, 5.74) is 0.377. The molecule has 31 heavy (non-hydrogen) atoms. The second-order valence-corrected chi connectivity index (χ2v) is 6.70. The first kappa shape index (κ1) is 20.8. The van der Waals surface area contributed by atoms with Crippen molar-refractivity contribution in [1.29, 1.82) is 0 Å². The molecule has 7 nitrogen and oxygen atoms in total. The first-order chi connectivity index (χ1) is 14.7. The van der Waals surface area contributed by atoms with Crippen molar-refractivity contribution in [2.75, 3.05) is 6.79 Å². The van der Waals surface area contributed by atoms with Gasteiger partial charge in [-0.05, 0) is 31.2 Å². The van der Waals surface area contributed by atoms with Crippen LogP contribution >= 0.6 is 0 Å². The monoisotopic (exact) mass is 437 g/mol. The van der Waals surface area contributed by atoms with Crippen molar-refractivity contribution in [2.24, 2.45) is 0 Å². The fourth-order valence-corrected chi connectivity index (χ4v) is 3.10. The lowest BCUT2D eigenvalue weighted by atomic mass is 10.1. The second kappa shape index (κ2) is 7.99. The molecule has 0 radical (unpaired) electrons. The van der Waals surface area contributed by atoms with Gasteiger partial charge in [0, 0.05) is 17.3 Å². The van der Waals surface area contributed by atoms with E-state index in [1.165, 1.54) is 23.0 Å². The van der Waals surface area contributed by atoms with E-state index < -0.39 is 23.5 Å². The highest BCUT2D eigenvalue weighted by molar-refractivity contribution is 5.90. The first-order valence-corrected chi connectivity index (χ1v) is 9.01. The fraction of sp³-hybridized carbons (Fsp3) is 0.250. The molecule has 0 aliphatic carbocycles. The summed E-state index contributed by atoms with van der Waals surface area (Å²) < 4.78 is 68.9. The Morgan fingerprint density at radius 3 is 2.77 bits per heavy atom. The van der Waals surface area contributed by atoms with Gasteiger partial charge in [0.1, 0.15) is 23.7 Å². The number of nitrogens with zero attached hydrogens (tertiary/aromatic N) is 3. The van der Waals surface area contributed by atoms with Gasteiger partial charge in [0.25, 0.3) is 0 Å². The van der Waals surface area contributed by atoms with Gasteiger partial charge in [0.15, 0.2) is 12.6 Å². The number of pyridine rings is 1. The average molecular weight is 437 g/mol. The number of halogens is 4. The van der Waals surface area contributed by atoms with Crippen molar-refractivity contribution in [3.63, 3.8) is 0 Å². The molecule has 0 bridgehead atoms. The van der Waals surface area contributed by atoms with Crippen molar-refractivity contribution in [2.45, 2.75) is 26.3 Å². The maximum Gasteiger partial charge on any atom is 0.417 e. The summed E-state index contributed by atoms with van der Waals surface area (Å²) in [5.74, 6) is -0.740. The molecule has 0 saturated heterocycles. The minimum Gasteiger partial charge on any atom is -0.467 e. The Bertz CT molecular complexity index is 1130. The number of aromatic nitrogens is 3. The second-order valence-electron chi connectivity index (χ2n) is 6.70. The Kier molecular flexibility index (Phi) is 5.36. The van der Waals surface area contributed by atoms with Crippen molar-refractivity contribution < 1.29 is 36.6 Å². The van der Waals surface area contributed by atoms with E-state index in [-0.39, 0.29) is 31.4 Å². The third kappa shape index (κ3) is 4.22. The highest BCUT2D eigenvalue weighted by Crippen LogP contribution is 2.31. The number of fused-ring (bicyclic) bond motifs is 1. The highest BCUT2D eigenvalue weighted by Gasteiger charge is 2.31. The third-order valence-electron chi connectivity index (χ3n) is 4.63. The number of esters is 1. The Labute approximate surface area is 173 Å². The molecule has 0 spiro atoms. The van der Waals surface area contributed by atoms with Gasteiger partial charge in [-0.3, -0.25) is 0 Å². The summed E-state index contributed by atoms with van der Waals surface area (Å²) >= 11 is 0. The van der Waals surface area contributed by atoms with E-state index in [2.05, 4.69) is 10.1 Å². The molecule has 0 N–H and O–H groups in total. The van der Waals surface area contributed by atoms with Crippen molar-refractivity contribution >= 4 is 5.97 Å². The molecule has 4 rings (SSSR count). The molecule has 1 aliphatic heterocycles. The molecule has 0 fully saturated rings. The summed E-state index contributed by atoms with van der Waals surface area (Å²) in [4.78, 5) is 16.3. The molecule has 1 aromatic carbocycles. The predicted octanol–water partition coefficient (Wildman–Crippen LogP) is 3.96. The van der Waals surface area contributed by atoms with Gasteiger partial charge < -0.3 is 14.2 Å². The van der Waals surface area contributed by atoms with E-state index in [9.17, 15) is 22.4 Å². The van der Waals surface area contributed by atoms with Gasteiger partial charge in [0.05, 0.1) is 24.1 Å². The van der Waals surface area contributed by atoms with Crippen LogP contribution in [0.3, 0.4) is 0 Å². The molecular formula is C20H15F4N3O4. The average Bonchev–Trinajstić information content (AvgIpc) is 3.12. The minimum atomic E-state index is -4.51. The predicted molar refractivity (Wildman–Crippen MR) is 96.9 cm³/mol. The van der Waals surface area contributed by atoms with Crippen LogP contribution in [-0.4, -0.2) is 27.5 Å². The van der Waals surface area contributed by atoms with E-state index in [1.54, 1.807) is 6.92 Å². The molecule has 0 amide bonds. The molecule has 11 heteroatoms. The van der Waals surface area contributed by atoms with E-state index in [4.69, 9.17) is 14.2 Å². The lowest BCUT2D eigenvalue weighted by Gasteiger charge is -2.20. The minimum absolute atomic E-state index is 0.00554. The number of ether oxygens (including phenoxy) is 3. The van der Waals surface area contributed by atoms with Crippen molar-refractivity contribution in [3.05, 3.63) is 70.4 Å².